The SMILES string of the molecule is CN(c1cc(COC2CCC2)cc(-c2nnc(C(C)(N)Cc3ccccc3)o2)c1)S(C)(=O)=O. The first-order valence-corrected chi connectivity index (χ1v) is 12.8. The predicted molar refractivity (Wildman–Crippen MR) is 127 cm³/mol. The summed E-state index contributed by atoms with van der Waals surface area (Å²) < 4.78 is 37.5. The van der Waals surface area contributed by atoms with Crippen molar-refractivity contribution in [2.75, 3.05) is 17.6 Å². The monoisotopic (exact) mass is 470 g/mol. The van der Waals surface area contributed by atoms with Crippen LogP contribution in [0.25, 0.3) is 11.5 Å². The van der Waals surface area contributed by atoms with E-state index >= 15 is 0 Å². The quantitative estimate of drug-likeness (QED) is 0.508. The van der Waals surface area contributed by atoms with E-state index in [9.17, 15) is 8.42 Å². The van der Waals surface area contributed by atoms with E-state index in [1.807, 2.05) is 49.4 Å². The van der Waals surface area contributed by atoms with Crippen LogP contribution >= 0.6 is 0 Å². The number of aromatic nitrogens is 2. The van der Waals surface area contributed by atoms with E-state index in [1.54, 1.807) is 6.07 Å². The number of rotatable bonds is 9. The van der Waals surface area contributed by atoms with Crippen molar-refractivity contribution >= 4 is 15.7 Å². The molecule has 1 unspecified atom stereocenters. The molecule has 0 aliphatic heterocycles. The van der Waals surface area contributed by atoms with E-state index in [0.717, 1.165) is 24.0 Å². The van der Waals surface area contributed by atoms with Gasteiger partial charge in [-0.1, -0.05) is 30.3 Å². The maximum absolute atomic E-state index is 12.1. The Morgan fingerprint density at radius 2 is 1.88 bits per heavy atom. The minimum absolute atomic E-state index is 0.260. The summed E-state index contributed by atoms with van der Waals surface area (Å²) in [6.07, 6.45) is 5.25. The van der Waals surface area contributed by atoms with Gasteiger partial charge in [-0.3, -0.25) is 4.31 Å². The van der Waals surface area contributed by atoms with Crippen LogP contribution in [-0.2, 0) is 33.3 Å². The second kappa shape index (κ2) is 9.24. The molecule has 1 aliphatic carbocycles. The average Bonchev–Trinajstić information content (AvgIpc) is 3.23. The van der Waals surface area contributed by atoms with E-state index in [4.69, 9.17) is 14.9 Å². The standard InChI is InChI=1S/C24H30N4O4S/c1-24(25,15-17-8-5-4-6-9-17)23-27-26-22(32-23)19-12-18(16-31-21-10-7-11-21)13-20(14-19)28(2)33(3,29)30/h4-6,8-9,12-14,21H,7,10-11,15-16,25H2,1-3H3. The molecule has 1 fully saturated rings. The highest BCUT2D eigenvalue weighted by Gasteiger charge is 2.29. The highest BCUT2D eigenvalue weighted by atomic mass is 32.2. The van der Waals surface area contributed by atoms with Crippen molar-refractivity contribution in [3.63, 3.8) is 0 Å². The molecule has 176 valence electrons. The Morgan fingerprint density at radius 3 is 2.52 bits per heavy atom. The van der Waals surface area contributed by atoms with Crippen LogP contribution in [0.1, 0.15) is 43.2 Å². The molecule has 1 aliphatic rings. The van der Waals surface area contributed by atoms with Crippen molar-refractivity contribution in [2.24, 2.45) is 5.73 Å². The van der Waals surface area contributed by atoms with Crippen LogP contribution in [0, 0.1) is 0 Å². The second-order valence-corrected chi connectivity index (χ2v) is 11.0. The van der Waals surface area contributed by atoms with Crippen molar-refractivity contribution in [3.8, 4) is 11.5 Å². The number of ether oxygens (including phenoxy) is 1. The third kappa shape index (κ3) is 5.61. The fraction of sp³-hybridized carbons (Fsp3) is 0.417. The minimum Gasteiger partial charge on any atom is -0.419 e. The van der Waals surface area contributed by atoms with E-state index in [2.05, 4.69) is 10.2 Å². The molecule has 0 saturated heterocycles. The Labute approximate surface area is 194 Å². The zero-order valence-electron chi connectivity index (χ0n) is 19.2. The molecule has 0 radical (unpaired) electrons. The van der Waals surface area contributed by atoms with Gasteiger partial charge in [0.2, 0.25) is 21.8 Å². The Morgan fingerprint density at radius 1 is 1.15 bits per heavy atom. The molecule has 4 rings (SSSR count). The summed E-state index contributed by atoms with van der Waals surface area (Å²) >= 11 is 0. The number of nitrogens with zero attached hydrogens (tertiary/aromatic N) is 3. The molecule has 1 aromatic heterocycles. The van der Waals surface area contributed by atoms with Crippen molar-refractivity contribution < 1.29 is 17.6 Å². The fourth-order valence-corrected chi connectivity index (χ4v) is 4.16. The van der Waals surface area contributed by atoms with Crippen LogP contribution in [0.5, 0.6) is 0 Å². The summed E-state index contributed by atoms with van der Waals surface area (Å²) in [6.45, 7) is 2.23. The fourth-order valence-electron chi connectivity index (χ4n) is 3.67. The summed E-state index contributed by atoms with van der Waals surface area (Å²) in [6, 6.07) is 15.3. The van der Waals surface area contributed by atoms with Crippen LogP contribution in [0.2, 0.25) is 0 Å². The van der Waals surface area contributed by atoms with E-state index in [0.29, 0.717) is 30.2 Å². The van der Waals surface area contributed by atoms with Crippen LogP contribution in [0.4, 0.5) is 5.69 Å². The van der Waals surface area contributed by atoms with Gasteiger partial charge in [-0.2, -0.15) is 0 Å². The topological polar surface area (TPSA) is 112 Å². The summed E-state index contributed by atoms with van der Waals surface area (Å²) in [7, 11) is -1.93. The lowest BCUT2D eigenvalue weighted by Gasteiger charge is -2.26. The van der Waals surface area contributed by atoms with Gasteiger partial charge in [0.1, 0.15) is 0 Å². The van der Waals surface area contributed by atoms with Crippen molar-refractivity contribution in [3.05, 3.63) is 65.5 Å². The van der Waals surface area contributed by atoms with Gasteiger partial charge in [0.25, 0.3) is 0 Å². The normalized spacial score (nSPS) is 16.2. The van der Waals surface area contributed by atoms with Crippen molar-refractivity contribution in [1.82, 2.24) is 10.2 Å². The van der Waals surface area contributed by atoms with Crippen LogP contribution < -0.4 is 10.0 Å². The first-order chi connectivity index (χ1) is 15.6. The van der Waals surface area contributed by atoms with E-state index in [1.165, 1.54) is 24.0 Å². The maximum Gasteiger partial charge on any atom is 0.247 e. The minimum atomic E-state index is -3.44. The predicted octanol–water partition coefficient (Wildman–Crippen LogP) is 3.62. The summed E-state index contributed by atoms with van der Waals surface area (Å²) in [5, 5.41) is 8.42. The van der Waals surface area contributed by atoms with Crippen LogP contribution in [0.15, 0.2) is 52.9 Å². The number of anilines is 1. The van der Waals surface area contributed by atoms with Gasteiger partial charge in [0.15, 0.2) is 0 Å². The van der Waals surface area contributed by atoms with E-state index < -0.39 is 15.6 Å². The molecule has 3 aromatic rings. The molecular weight excluding hydrogens is 440 g/mol. The Hall–Kier alpha value is -2.75. The van der Waals surface area contributed by atoms with Gasteiger partial charge in [-0.15, -0.1) is 10.2 Å². The lowest BCUT2D eigenvalue weighted by atomic mass is 9.94. The highest BCUT2D eigenvalue weighted by Crippen LogP contribution is 2.31. The van der Waals surface area contributed by atoms with Crippen LogP contribution in [-0.4, -0.2) is 38.0 Å². The van der Waals surface area contributed by atoms with Gasteiger partial charge >= 0.3 is 0 Å². The number of hydrogen-bond donors (Lipinski definition) is 1. The van der Waals surface area contributed by atoms with E-state index in [-0.39, 0.29) is 12.0 Å². The number of nitrogens with two attached hydrogens (primary N) is 1. The number of hydrogen-bond acceptors (Lipinski definition) is 7. The first kappa shape index (κ1) is 23.4. The molecule has 8 nitrogen and oxygen atoms in total. The summed E-state index contributed by atoms with van der Waals surface area (Å²) in [5.74, 6) is 0.596. The van der Waals surface area contributed by atoms with Gasteiger partial charge in [-0.05, 0) is 61.9 Å². The van der Waals surface area contributed by atoms with Gasteiger partial charge in [0, 0.05) is 12.6 Å². The molecule has 1 heterocycles. The first-order valence-electron chi connectivity index (χ1n) is 11.0. The molecule has 33 heavy (non-hydrogen) atoms. The maximum atomic E-state index is 12.1. The highest BCUT2D eigenvalue weighted by molar-refractivity contribution is 7.92. The van der Waals surface area contributed by atoms with Gasteiger partial charge < -0.3 is 14.9 Å². The molecule has 0 amide bonds. The molecule has 9 heteroatoms. The number of sulfonamides is 1. The van der Waals surface area contributed by atoms with Crippen LogP contribution in [0.3, 0.4) is 0 Å². The third-order valence-electron chi connectivity index (χ3n) is 5.95. The molecule has 1 saturated carbocycles. The lowest BCUT2D eigenvalue weighted by Crippen LogP contribution is -2.35. The zero-order valence-corrected chi connectivity index (χ0v) is 20.0. The van der Waals surface area contributed by atoms with Crippen molar-refractivity contribution in [2.45, 2.75) is 50.9 Å². The molecular formula is C24H30N4O4S. The smallest absolute Gasteiger partial charge is 0.247 e. The summed E-state index contributed by atoms with van der Waals surface area (Å²) in [5.41, 5.74) is 8.69. The molecule has 2 N–H and O–H groups in total. The Balaban J connectivity index is 1.63. The average molecular weight is 471 g/mol. The molecule has 1 atom stereocenters. The lowest BCUT2D eigenvalue weighted by molar-refractivity contribution is -0.00863. The largest absolute Gasteiger partial charge is 0.419 e. The molecule has 0 bridgehead atoms. The zero-order chi connectivity index (χ0) is 23.6. The second-order valence-electron chi connectivity index (χ2n) is 8.97. The van der Waals surface area contributed by atoms with Gasteiger partial charge in [0.05, 0.1) is 30.2 Å². The Kier molecular flexibility index (Phi) is 6.56. The summed E-state index contributed by atoms with van der Waals surface area (Å²) in [4.78, 5) is 0. The third-order valence-corrected chi connectivity index (χ3v) is 7.16. The molecule has 0 spiro atoms. The molecule has 2 aromatic carbocycles. The Bertz CT molecular complexity index is 1200. The number of benzene rings is 2. The van der Waals surface area contributed by atoms with Crippen molar-refractivity contribution in [1.29, 1.82) is 0 Å². The van der Waals surface area contributed by atoms with Gasteiger partial charge in [-0.25, -0.2) is 8.42 Å².